The summed E-state index contributed by atoms with van der Waals surface area (Å²) >= 11 is 0. The summed E-state index contributed by atoms with van der Waals surface area (Å²) < 4.78 is 47.4. The highest BCUT2D eigenvalue weighted by atomic mass is 31.2. The van der Waals surface area contributed by atoms with Crippen molar-refractivity contribution in [1.82, 2.24) is 4.90 Å². The van der Waals surface area contributed by atoms with Crippen molar-refractivity contribution < 1.29 is 52.1 Å². The second-order valence-corrected chi connectivity index (χ2v) is 10.1. The summed E-state index contributed by atoms with van der Waals surface area (Å²) in [6.45, 7) is 8.93. The molecule has 0 rings (SSSR count). The molecule has 0 heterocycles. The molecule has 3 N–H and O–H groups in total. The lowest BCUT2D eigenvalue weighted by Crippen LogP contribution is -2.37. The zero-order valence-corrected chi connectivity index (χ0v) is 22.2. The van der Waals surface area contributed by atoms with Gasteiger partial charge in [-0.25, -0.2) is 14.2 Å². The van der Waals surface area contributed by atoms with Crippen molar-refractivity contribution in [3.05, 3.63) is 0 Å². The highest BCUT2D eigenvalue weighted by Gasteiger charge is 2.28. The number of guanidine groups is 1. The van der Waals surface area contributed by atoms with Crippen LogP contribution in [-0.4, -0.2) is 86.5 Å². The number of hydrogen-bond acceptors (Lipinski definition) is 10. The minimum atomic E-state index is -4.24. The van der Waals surface area contributed by atoms with Gasteiger partial charge in [0, 0.05) is 18.9 Å². The molecule has 2 unspecified atom stereocenters. The number of carbonyl (C=O) groups excluding carboxylic acids is 2. The van der Waals surface area contributed by atoms with E-state index in [1.807, 2.05) is 0 Å². The van der Waals surface area contributed by atoms with Gasteiger partial charge in [-0.3, -0.25) is 13.8 Å². The fourth-order valence-electron chi connectivity index (χ4n) is 1.99. The number of aliphatic carboxylic acids is 1. The highest BCUT2D eigenvalue weighted by Crippen LogP contribution is 2.50. The normalized spacial score (nSPS) is 15.2. The first kappa shape index (κ1) is 32.4. The van der Waals surface area contributed by atoms with Gasteiger partial charge in [0.1, 0.15) is 6.54 Å². The van der Waals surface area contributed by atoms with E-state index in [9.17, 15) is 18.9 Å². The number of carboxylic acids is 1. The molecule has 0 saturated carbocycles. The van der Waals surface area contributed by atoms with Gasteiger partial charge in [0.15, 0.2) is 0 Å². The van der Waals surface area contributed by atoms with Crippen molar-refractivity contribution in [1.29, 1.82) is 0 Å². The second-order valence-electron chi connectivity index (χ2n) is 8.43. The average molecular weight is 528 g/mol. The predicted octanol–water partition coefficient (Wildman–Crippen LogP) is 2.85. The Kier molecular flexibility index (Phi) is 15.0. The third-order valence-electron chi connectivity index (χ3n) is 3.67. The summed E-state index contributed by atoms with van der Waals surface area (Å²) in [5, 5.41) is 8.91. The lowest BCUT2D eigenvalue weighted by molar-refractivity contribution is -0.137. The van der Waals surface area contributed by atoms with E-state index < -0.39 is 44.4 Å². The Hall–Kier alpha value is -2.57. The Morgan fingerprint density at radius 2 is 1.26 bits per heavy atom. The van der Waals surface area contributed by atoms with Crippen LogP contribution in [0.2, 0.25) is 0 Å². The molecule has 0 amide bonds. The highest BCUT2D eigenvalue weighted by molar-refractivity contribution is 7.52. The van der Waals surface area contributed by atoms with E-state index in [1.165, 1.54) is 7.05 Å². The number of nitrogens with two attached hydrogens (primary N) is 1. The average Bonchev–Trinajstić information content (AvgIpc) is 2.72. The van der Waals surface area contributed by atoms with Crippen LogP contribution in [0.3, 0.4) is 0 Å². The molecule has 0 aromatic rings. The molecule has 0 radical (unpaired) electrons. The van der Waals surface area contributed by atoms with Crippen LogP contribution in [0.15, 0.2) is 4.76 Å². The van der Waals surface area contributed by atoms with E-state index in [2.05, 4.69) is 4.76 Å². The Balaban J connectivity index is 5.13. The first-order chi connectivity index (χ1) is 16.1. The summed E-state index contributed by atoms with van der Waals surface area (Å²) in [5.74, 6) is -2.41. The topological polar surface area (TPSA) is 186 Å². The van der Waals surface area contributed by atoms with Crippen LogP contribution >= 0.6 is 7.75 Å². The van der Waals surface area contributed by atoms with Crippen LogP contribution in [-0.2, 0) is 37.4 Å². The molecular weight excluding hydrogens is 489 g/mol. The smallest absolute Gasteiger partial charge is 0.480 e. The molecule has 35 heavy (non-hydrogen) atoms. The van der Waals surface area contributed by atoms with Gasteiger partial charge in [0.25, 0.3) is 0 Å². The Bertz CT molecular complexity index is 721. The van der Waals surface area contributed by atoms with Crippen LogP contribution in [0.4, 0.5) is 9.59 Å². The molecule has 15 heteroatoms. The van der Waals surface area contributed by atoms with Crippen LogP contribution in [0.1, 0.15) is 41.5 Å². The molecule has 0 spiro atoms. The monoisotopic (exact) mass is 527 g/mol. The Labute approximate surface area is 205 Å². The summed E-state index contributed by atoms with van der Waals surface area (Å²) in [4.78, 5) is 35.0. The molecule has 0 saturated heterocycles. The van der Waals surface area contributed by atoms with E-state index in [0.29, 0.717) is 0 Å². The van der Waals surface area contributed by atoms with Gasteiger partial charge in [0.2, 0.25) is 5.96 Å². The van der Waals surface area contributed by atoms with E-state index in [4.69, 9.17) is 38.8 Å². The second kappa shape index (κ2) is 16.2. The maximum Gasteiger partial charge on any atom is 0.508 e. The minimum absolute atomic E-state index is 0.0914. The third-order valence-corrected chi connectivity index (χ3v) is 5.07. The Morgan fingerprint density at radius 3 is 1.60 bits per heavy atom. The van der Waals surface area contributed by atoms with Gasteiger partial charge in [-0.2, -0.15) is 0 Å². The van der Waals surface area contributed by atoms with Gasteiger partial charge in [-0.05, 0) is 27.7 Å². The van der Waals surface area contributed by atoms with Crippen LogP contribution in [0.25, 0.3) is 0 Å². The summed E-state index contributed by atoms with van der Waals surface area (Å²) in [5.41, 5.74) is 5.76. The largest absolute Gasteiger partial charge is 0.508 e. The van der Waals surface area contributed by atoms with Gasteiger partial charge < -0.3 is 34.7 Å². The lowest BCUT2D eigenvalue weighted by atomic mass is 10.2. The first-order valence-corrected chi connectivity index (χ1v) is 12.5. The number of hydrogen-bond donors (Lipinski definition) is 2. The van der Waals surface area contributed by atoms with Crippen molar-refractivity contribution >= 4 is 32.0 Å². The third kappa shape index (κ3) is 16.7. The van der Waals surface area contributed by atoms with Crippen LogP contribution in [0.5, 0.6) is 0 Å². The van der Waals surface area contributed by atoms with Crippen LogP contribution in [0, 0.1) is 11.8 Å². The van der Waals surface area contributed by atoms with E-state index in [-0.39, 0.29) is 44.6 Å². The van der Waals surface area contributed by atoms with Crippen molar-refractivity contribution in [2.24, 2.45) is 22.3 Å². The zero-order chi connectivity index (χ0) is 27.2. The number of nitrogens with zero attached hydrogens (tertiary/aromatic N) is 2. The predicted molar refractivity (Wildman–Crippen MR) is 125 cm³/mol. The molecule has 0 aliphatic rings. The molecule has 0 fully saturated rings. The molecule has 0 aliphatic heterocycles. The molecule has 0 aromatic carbocycles. The maximum absolute atomic E-state index is 13.2. The molecule has 204 valence electrons. The standard InChI is InChI=1S/C20H38N3O11P/c1-13(2)33-19(26)29-9-15(5)11-31-35(28,22-18(21)23(7)8-17(24)25)32-12-16(6)10-30-20(27)34-14(3)4/h13-16H,8-12H2,1-7H3,(H,24,25)(H2,21,22,28). The number of carbonyl (C=O) groups is 3. The zero-order valence-electron chi connectivity index (χ0n) is 21.3. The Morgan fingerprint density at radius 1 is 0.857 bits per heavy atom. The first-order valence-electron chi connectivity index (χ1n) is 11.0. The molecule has 0 aromatic heterocycles. The number of carboxylic acid groups (broad SMARTS) is 1. The van der Waals surface area contributed by atoms with E-state index >= 15 is 0 Å². The van der Waals surface area contributed by atoms with Crippen molar-refractivity contribution in [3.63, 3.8) is 0 Å². The number of likely N-dealkylation sites (N-methyl/N-ethyl adjacent to an activating group) is 1. The number of ether oxygens (including phenoxy) is 4. The molecule has 14 nitrogen and oxygen atoms in total. The summed E-state index contributed by atoms with van der Waals surface area (Å²) in [6, 6.07) is 0. The lowest BCUT2D eigenvalue weighted by Gasteiger charge is -2.21. The van der Waals surface area contributed by atoms with Crippen molar-refractivity contribution in [2.75, 3.05) is 40.0 Å². The minimum Gasteiger partial charge on any atom is -0.480 e. The van der Waals surface area contributed by atoms with E-state index in [1.54, 1.807) is 41.5 Å². The fourth-order valence-corrected chi connectivity index (χ4v) is 3.47. The van der Waals surface area contributed by atoms with Gasteiger partial charge in [-0.15, -0.1) is 4.76 Å². The van der Waals surface area contributed by atoms with Gasteiger partial charge >= 0.3 is 26.0 Å². The molecular formula is C20H38N3O11P. The maximum atomic E-state index is 13.2. The van der Waals surface area contributed by atoms with Crippen molar-refractivity contribution in [2.45, 2.75) is 53.8 Å². The van der Waals surface area contributed by atoms with E-state index in [0.717, 1.165) is 4.90 Å². The van der Waals surface area contributed by atoms with Crippen molar-refractivity contribution in [3.8, 4) is 0 Å². The van der Waals surface area contributed by atoms with Gasteiger partial charge in [0.05, 0.1) is 38.6 Å². The SMILES string of the molecule is CC(COC(=O)OC(C)C)COP(=O)(N=C(N)N(C)CC(=O)O)OCC(C)COC(=O)OC(C)C. The van der Waals surface area contributed by atoms with Gasteiger partial charge in [-0.1, -0.05) is 13.8 Å². The summed E-state index contributed by atoms with van der Waals surface area (Å²) in [7, 11) is -2.90. The summed E-state index contributed by atoms with van der Waals surface area (Å²) in [6.07, 6.45) is -2.40. The molecule has 2 atom stereocenters. The fraction of sp³-hybridized carbons (Fsp3) is 0.800. The van der Waals surface area contributed by atoms with Crippen LogP contribution < -0.4 is 5.73 Å². The molecule has 0 aliphatic carbocycles. The number of rotatable bonds is 15. The quantitative estimate of drug-likeness (QED) is 0.137. The molecule has 0 bridgehead atoms.